The Kier molecular flexibility index (Phi) is 2.72. The van der Waals surface area contributed by atoms with Crippen molar-refractivity contribution in [2.24, 2.45) is 5.92 Å². The molecule has 1 unspecified atom stereocenters. The van der Waals surface area contributed by atoms with Gasteiger partial charge in [-0.1, -0.05) is 45.0 Å². The van der Waals surface area contributed by atoms with Gasteiger partial charge in [0.1, 0.15) is 0 Å². The first-order chi connectivity index (χ1) is 7.20. The first-order valence-electron chi connectivity index (χ1n) is 5.54. The fourth-order valence-corrected chi connectivity index (χ4v) is 1.85. The minimum atomic E-state index is 0.559. The van der Waals surface area contributed by atoms with E-state index in [1.165, 1.54) is 10.9 Å². The van der Waals surface area contributed by atoms with E-state index in [1.54, 1.807) is 0 Å². The number of nitrogens with zero attached hydrogens (tertiary/aromatic N) is 1. The molecule has 1 atom stereocenters. The van der Waals surface area contributed by atoms with Gasteiger partial charge in [0.25, 0.3) is 0 Å². The van der Waals surface area contributed by atoms with Crippen LogP contribution in [-0.2, 0) is 0 Å². The summed E-state index contributed by atoms with van der Waals surface area (Å²) in [4.78, 5) is 4.48. The highest BCUT2D eigenvalue weighted by molar-refractivity contribution is 5.82. The lowest BCUT2D eigenvalue weighted by molar-refractivity contribution is 0.537. The summed E-state index contributed by atoms with van der Waals surface area (Å²) < 4.78 is 0. The van der Waals surface area contributed by atoms with Crippen LogP contribution in [0.2, 0.25) is 0 Å². The van der Waals surface area contributed by atoms with Crippen molar-refractivity contribution in [1.29, 1.82) is 0 Å². The second-order valence-electron chi connectivity index (χ2n) is 4.46. The molecule has 0 radical (unpaired) electrons. The van der Waals surface area contributed by atoms with Crippen LogP contribution in [0, 0.1) is 5.92 Å². The van der Waals surface area contributed by atoms with Gasteiger partial charge in [-0.05, 0) is 23.5 Å². The van der Waals surface area contributed by atoms with Crippen molar-refractivity contribution in [3.63, 3.8) is 0 Å². The van der Waals surface area contributed by atoms with E-state index in [0.717, 1.165) is 5.52 Å². The molecule has 78 valence electrons. The minimum absolute atomic E-state index is 0.559. The predicted octanol–water partition coefficient (Wildman–Crippen LogP) is 3.99. The standard InChI is InChI=1S/C14H17N/c1-10(2)11(3)13-8-4-6-12-7-5-9-15-14(12)13/h4-11H,1-3H3. The summed E-state index contributed by atoms with van der Waals surface area (Å²) in [6.07, 6.45) is 1.87. The van der Waals surface area contributed by atoms with Gasteiger partial charge in [0.05, 0.1) is 5.52 Å². The van der Waals surface area contributed by atoms with Crippen molar-refractivity contribution >= 4 is 10.9 Å². The zero-order valence-corrected chi connectivity index (χ0v) is 9.57. The Balaban J connectivity index is 2.60. The zero-order valence-electron chi connectivity index (χ0n) is 9.57. The van der Waals surface area contributed by atoms with Crippen molar-refractivity contribution in [1.82, 2.24) is 4.98 Å². The van der Waals surface area contributed by atoms with Crippen molar-refractivity contribution in [3.05, 3.63) is 42.1 Å². The highest BCUT2D eigenvalue weighted by Crippen LogP contribution is 2.28. The van der Waals surface area contributed by atoms with Crippen LogP contribution < -0.4 is 0 Å². The number of para-hydroxylation sites is 1. The van der Waals surface area contributed by atoms with E-state index in [4.69, 9.17) is 0 Å². The van der Waals surface area contributed by atoms with E-state index in [1.807, 2.05) is 12.3 Å². The number of hydrogen-bond donors (Lipinski definition) is 0. The molecule has 0 N–H and O–H groups in total. The average molecular weight is 199 g/mol. The smallest absolute Gasteiger partial charge is 0.0736 e. The highest BCUT2D eigenvalue weighted by atomic mass is 14.7. The summed E-state index contributed by atoms with van der Waals surface area (Å²) in [6.45, 7) is 6.78. The van der Waals surface area contributed by atoms with E-state index < -0.39 is 0 Å². The third-order valence-corrected chi connectivity index (χ3v) is 3.15. The van der Waals surface area contributed by atoms with Crippen LogP contribution in [0.5, 0.6) is 0 Å². The Morgan fingerprint density at radius 3 is 2.47 bits per heavy atom. The quantitative estimate of drug-likeness (QED) is 0.712. The molecule has 1 nitrogen and oxygen atoms in total. The molecular formula is C14H17N. The van der Waals surface area contributed by atoms with Crippen molar-refractivity contribution < 1.29 is 0 Å². The summed E-state index contributed by atoms with van der Waals surface area (Å²) >= 11 is 0. The molecule has 0 fully saturated rings. The largest absolute Gasteiger partial charge is 0.256 e. The molecule has 0 spiro atoms. The van der Waals surface area contributed by atoms with Gasteiger partial charge in [-0.25, -0.2) is 0 Å². The van der Waals surface area contributed by atoms with Crippen LogP contribution in [0.1, 0.15) is 32.3 Å². The van der Waals surface area contributed by atoms with E-state index in [0.29, 0.717) is 11.8 Å². The molecule has 1 aromatic heterocycles. The van der Waals surface area contributed by atoms with E-state index in [-0.39, 0.29) is 0 Å². The summed E-state index contributed by atoms with van der Waals surface area (Å²) in [5.74, 6) is 1.21. The van der Waals surface area contributed by atoms with Gasteiger partial charge < -0.3 is 0 Å². The topological polar surface area (TPSA) is 12.9 Å². The Bertz CT molecular complexity index is 454. The fourth-order valence-electron chi connectivity index (χ4n) is 1.85. The van der Waals surface area contributed by atoms with Crippen molar-refractivity contribution in [2.45, 2.75) is 26.7 Å². The molecule has 2 rings (SSSR count). The lowest BCUT2D eigenvalue weighted by Gasteiger charge is -2.17. The number of rotatable bonds is 2. The summed E-state index contributed by atoms with van der Waals surface area (Å²) in [6, 6.07) is 10.6. The van der Waals surface area contributed by atoms with Gasteiger partial charge in [0, 0.05) is 11.6 Å². The molecule has 1 aromatic carbocycles. The summed E-state index contributed by atoms with van der Waals surface area (Å²) in [5.41, 5.74) is 2.52. The molecule has 2 aromatic rings. The monoisotopic (exact) mass is 199 g/mol. The minimum Gasteiger partial charge on any atom is -0.256 e. The first-order valence-corrected chi connectivity index (χ1v) is 5.54. The molecule has 0 aliphatic heterocycles. The van der Waals surface area contributed by atoms with Crippen LogP contribution in [0.3, 0.4) is 0 Å². The second kappa shape index (κ2) is 4.01. The van der Waals surface area contributed by atoms with Gasteiger partial charge in [-0.15, -0.1) is 0 Å². The lowest BCUT2D eigenvalue weighted by atomic mass is 9.89. The molecule has 0 saturated heterocycles. The Labute approximate surface area is 91.2 Å². The number of hydrogen-bond acceptors (Lipinski definition) is 1. The maximum absolute atomic E-state index is 4.48. The number of fused-ring (bicyclic) bond motifs is 1. The van der Waals surface area contributed by atoms with Crippen LogP contribution >= 0.6 is 0 Å². The zero-order chi connectivity index (χ0) is 10.8. The average Bonchev–Trinajstić information content (AvgIpc) is 2.27. The van der Waals surface area contributed by atoms with Crippen molar-refractivity contribution in [3.8, 4) is 0 Å². The van der Waals surface area contributed by atoms with Crippen LogP contribution in [0.4, 0.5) is 0 Å². The van der Waals surface area contributed by atoms with E-state index in [2.05, 4.69) is 50.0 Å². The van der Waals surface area contributed by atoms with Gasteiger partial charge >= 0.3 is 0 Å². The molecular weight excluding hydrogens is 182 g/mol. The first kappa shape index (κ1) is 10.2. The Morgan fingerprint density at radius 2 is 1.73 bits per heavy atom. The van der Waals surface area contributed by atoms with Crippen LogP contribution in [-0.4, -0.2) is 4.98 Å². The predicted molar refractivity (Wildman–Crippen MR) is 65.0 cm³/mol. The molecule has 0 saturated carbocycles. The number of benzene rings is 1. The molecule has 1 heterocycles. The van der Waals surface area contributed by atoms with Crippen LogP contribution in [0.25, 0.3) is 10.9 Å². The van der Waals surface area contributed by atoms with Gasteiger partial charge in [0.15, 0.2) is 0 Å². The van der Waals surface area contributed by atoms with E-state index in [9.17, 15) is 0 Å². The molecule has 0 aliphatic rings. The number of pyridine rings is 1. The SMILES string of the molecule is CC(C)C(C)c1cccc2cccnc12. The maximum Gasteiger partial charge on any atom is 0.0736 e. The Morgan fingerprint density at radius 1 is 1.00 bits per heavy atom. The molecule has 1 heteroatoms. The van der Waals surface area contributed by atoms with Gasteiger partial charge in [-0.2, -0.15) is 0 Å². The lowest BCUT2D eigenvalue weighted by Crippen LogP contribution is -2.03. The van der Waals surface area contributed by atoms with Crippen LogP contribution in [0.15, 0.2) is 36.5 Å². The highest BCUT2D eigenvalue weighted by Gasteiger charge is 2.13. The maximum atomic E-state index is 4.48. The third kappa shape index (κ3) is 1.87. The third-order valence-electron chi connectivity index (χ3n) is 3.15. The van der Waals surface area contributed by atoms with Gasteiger partial charge in [-0.3, -0.25) is 4.98 Å². The fraction of sp³-hybridized carbons (Fsp3) is 0.357. The second-order valence-corrected chi connectivity index (χ2v) is 4.46. The normalized spacial score (nSPS) is 13.3. The summed E-state index contributed by atoms with van der Waals surface area (Å²) in [5, 5.41) is 1.24. The summed E-state index contributed by atoms with van der Waals surface area (Å²) in [7, 11) is 0. The Hall–Kier alpha value is -1.37. The molecule has 15 heavy (non-hydrogen) atoms. The molecule has 0 amide bonds. The van der Waals surface area contributed by atoms with Gasteiger partial charge in [0.2, 0.25) is 0 Å². The molecule has 0 aliphatic carbocycles. The molecule has 0 bridgehead atoms. The van der Waals surface area contributed by atoms with E-state index >= 15 is 0 Å². The number of aromatic nitrogens is 1. The van der Waals surface area contributed by atoms with Crippen molar-refractivity contribution in [2.75, 3.05) is 0 Å².